The first-order chi connectivity index (χ1) is 10.6. The van der Waals surface area contributed by atoms with E-state index in [-0.39, 0.29) is 11.6 Å². The SMILES string of the molecule is C#CCOc1cc(-n2nc(CCCC)oc2=O)c(Cl)cc1Cl. The Bertz CT molecular complexity index is 759. The molecule has 0 aliphatic rings. The summed E-state index contributed by atoms with van der Waals surface area (Å²) in [5, 5.41) is 4.70. The molecule has 0 amide bonds. The fraction of sp³-hybridized carbons (Fsp3) is 0.333. The largest absolute Gasteiger partial charge is 0.479 e. The maximum absolute atomic E-state index is 11.9. The molecule has 0 aliphatic heterocycles. The van der Waals surface area contributed by atoms with E-state index < -0.39 is 5.76 Å². The highest BCUT2D eigenvalue weighted by Crippen LogP contribution is 2.32. The van der Waals surface area contributed by atoms with Gasteiger partial charge < -0.3 is 9.15 Å². The summed E-state index contributed by atoms with van der Waals surface area (Å²) in [5.41, 5.74) is 0.328. The first kappa shape index (κ1) is 16.5. The van der Waals surface area contributed by atoms with Crippen molar-refractivity contribution < 1.29 is 9.15 Å². The number of ether oxygens (including phenoxy) is 1. The second-order valence-electron chi connectivity index (χ2n) is 4.50. The third-order valence-corrected chi connectivity index (χ3v) is 3.47. The van der Waals surface area contributed by atoms with Crippen molar-refractivity contribution in [2.24, 2.45) is 0 Å². The van der Waals surface area contributed by atoms with E-state index in [2.05, 4.69) is 11.0 Å². The Morgan fingerprint density at radius 1 is 1.41 bits per heavy atom. The molecule has 0 fully saturated rings. The van der Waals surface area contributed by atoms with E-state index >= 15 is 0 Å². The minimum Gasteiger partial charge on any atom is -0.479 e. The Morgan fingerprint density at radius 2 is 2.18 bits per heavy atom. The third-order valence-electron chi connectivity index (χ3n) is 2.87. The molecular weight excluding hydrogens is 327 g/mol. The molecule has 0 atom stereocenters. The van der Waals surface area contributed by atoms with Crippen LogP contribution in [0, 0.1) is 12.3 Å². The number of aromatic nitrogens is 2. The van der Waals surface area contributed by atoms with E-state index in [0.29, 0.717) is 28.8 Å². The van der Waals surface area contributed by atoms with Crippen LogP contribution < -0.4 is 10.5 Å². The Hall–Kier alpha value is -1.90. The number of hydrogen-bond acceptors (Lipinski definition) is 4. The Balaban J connectivity index is 2.41. The molecule has 0 saturated heterocycles. The van der Waals surface area contributed by atoms with Crippen molar-refractivity contribution in [3.63, 3.8) is 0 Å². The predicted molar refractivity (Wildman–Crippen MR) is 85.1 cm³/mol. The Labute approximate surface area is 137 Å². The van der Waals surface area contributed by atoms with Gasteiger partial charge in [-0.1, -0.05) is 42.5 Å². The van der Waals surface area contributed by atoms with Crippen LogP contribution in [0.5, 0.6) is 5.75 Å². The van der Waals surface area contributed by atoms with Crippen molar-refractivity contribution in [1.29, 1.82) is 0 Å². The summed E-state index contributed by atoms with van der Waals surface area (Å²) in [7, 11) is 0. The summed E-state index contributed by atoms with van der Waals surface area (Å²) < 4.78 is 11.5. The molecule has 0 spiro atoms. The van der Waals surface area contributed by atoms with Crippen LogP contribution in [0.4, 0.5) is 0 Å². The zero-order valence-electron chi connectivity index (χ0n) is 11.9. The molecule has 5 nitrogen and oxygen atoms in total. The van der Waals surface area contributed by atoms with Gasteiger partial charge in [-0.2, -0.15) is 4.68 Å². The molecule has 2 rings (SSSR count). The van der Waals surface area contributed by atoms with E-state index in [1.807, 2.05) is 6.92 Å². The van der Waals surface area contributed by atoms with Crippen molar-refractivity contribution >= 4 is 23.2 Å². The highest BCUT2D eigenvalue weighted by molar-refractivity contribution is 6.36. The average molecular weight is 341 g/mol. The molecule has 0 aliphatic carbocycles. The fourth-order valence-corrected chi connectivity index (χ4v) is 2.33. The lowest BCUT2D eigenvalue weighted by molar-refractivity contribution is 0.370. The molecule has 0 unspecified atom stereocenters. The molecule has 2 aromatic rings. The summed E-state index contributed by atoms with van der Waals surface area (Å²) in [6, 6.07) is 2.98. The number of unbranched alkanes of at least 4 members (excludes halogenated alkanes) is 1. The summed E-state index contributed by atoms with van der Waals surface area (Å²) in [5.74, 6) is 2.41. The number of benzene rings is 1. The number of rotatable bonds is 6. The predicted octanol–water partition coefficient (Wildman–Crippen LogP) is 3.49. The normalized spacial score (nSPS) is 10.5. The van der Waals surface area contributed by atoms with Gasteiger partial charge in [0.15, 0.2) is 0 Å². The molecule has 0 radical (unpaired) electrons. The Kier molecular flexibility index (Phi) is 5.53. The smallest absolute Gasteiger partial charge is 0.442 e. The van der Waals surface area contributed by atoms with Gasteiger partial charge in [-0.25, -0.2) is 4.79 Å². The highest BCUT2D eigenvalue weighted by atomic mass is 35.5. The lowest BCUT2D eigenvalue weighted by atomic mass is 10.2. The third kappa shape index (κ3) is 3.65. The van der Waals surface area contributed by atoms with Gasteiger partial charge >= 0.3 is 5.76 Å². The number of nitrogens with zero attached hydrogens (tertiary/aromatic N) is 2. The van der Waals surface area contributed by atoms with Crippen LogP contribution in [0.15, 0.2) is 21.3 Å². The van der Waals surface area contributed by atoms with Gasteiger partial charge in [0, 0.05) is 12.5 Å². The first-order valence-electron chi connectivity index (χ1n) is 6.71. The van der Waals surface area contributed by atoms with Crippen LogP contribution in [0.3, 0.4) is 0 Å². The average Bonchev–Trinajstić information content (AvgIpc) is 2.85. The van der Waals surface area contributed by atoms with Gasteiger partial charge in [-0.05, 0) is 12.5 Å². The molecule has 1 aromatic heterocycles. The molecule has 0 bridgehead atoms. The molecule has 7 heteroatoms. The van der Waals surface area contributed by atoms with Crippen molar-refractivity contribution in [2.45, 2.75) is 26.2 Å². The number of aryl methyl sites for hydroxylation is 1. The van der Waals surface area contributed by atoms with Gasteiger partial charge in [0.1, 0.15) is 12.4 Å². The fourth-order valence-electron chi connectivity index (χ4n) is 1.81. The van der Waals surface area contributed by atoms with Crippen molar-refractivity contribution in [1.82, 2.24) is 9.78 Å². The van der Waals surface area contributed by atoms with Gasteiger partial charge in [0.2, 0.25) is 5.89 Å². The highest BCUT2D eigenvalue weighted by Gasteiger charge is 2.15. The van der Waals surface area contributed by atoms with Gasteiger partial charge in [-0.15, -0.1) is 11.5 Å². The molecule has 116 valence electrons. The van der Waals surface area contributed by atoms with Gasteiger partial charge in [0.05, 0.1) is 15.7 Å². The maximum atomic E-state index is 11.9. The molecule has 0 saturated carbocycles. The van der Waals surface area contributed by atoms with Crippen LogP contribution in [0.2, 0.25) is 10.0 Å². The van der Waals surface area contributed by atoms with Crippen LogP contribution >= 0.6 is 23.2 Å². The van der Waals surface area contributed by atoms with Crippen LogP contribution in [0.25, 0.3) is 5.69 Å². The molecule has 0 N–H and O–H groups in total. The Morgan fingerprint density at radius 3 is 2.86 bits per heavy atom. The first-order valence-corrected chi connectivity index (χ1v) is 7.47. The van der Waals surface area contributed by atoms with Crippen LogP contribution in [-0.2, 0) is 6.42 Å². The molecular formula is C15H14Cl2N2O3. The molecule has 22 heavy (non-hydrogen) atoms. The maximum Gasteiger partial charge on any atom is 0.442 e. The zero-order chi connectivity index (χ0) is 16.1. The van der Waals surface area contributed by atoms with E-state index in [9.17, 15) is 4.79 Å². The van der Waals surface area contributed by atoms with Gasteiger partial charge in [-0.3, -0.25) is 0 Å². The van der Waals surface area contributed by atoms with E-state index in [4.69, 9.17) is 38.8 Å². The van der Waals surface area contributed by atoms with Crippen LogP contribution in [0.1, 0.15) is 25.7 Å². The minimum atomic E-state index is -0.613. The second-order valence-corrected chi connectivity index (χ2v) is 5.32. The molecule has 1 aromatic carbocycles. The second kappa shape index (κ2) is 7.39. The number of terminal acetylenes is 1. The van der Waals surface area contributed by atoms with Crippen LogP contribution in [-0.4, -0.2) is 16.4 Å². The van der Waals surface area contributed by atoms with Crippen molar-refractivity contribution in [3.8, 4) is 23.8 Å². The topological polar surface area (TPSA) is 57.3 Å². The lowest BCUT2D eigenvalue weighted by Gasteiger charge is -2.08. The monoisotopic (exact) mass is 340 g/mol. The lowest BCUT2D eigenvalue weighted by Crippen LogP contribution is -2.14. The quantitative estimate of drug-likeness (QED) is 0.755. The standard InChI is InChI=1S/C15H14Cl2N2O3/c1-3-5-6-14-18-19(15(20)22-14)12-9-13(21-7-4-2)11(17)8-10(12)16/h2,8-9H,3,5-7H2,1H3. The van der Waals surface area contributed by atoms with Gasteiger partial charge in [0.25, 0.3) is 0 Å². The zero-order valence-corrected chi connectivity index (χ0v) is 13.4. The molecule has 1 heterocycles. The van der Waals surface area contributed by atoms with E-state index in [0.717, 1.165) is 17.5 Å². The summed E-state index contributed by atoms with van der Waals surface area (Å²) in [6.45, 7) is 2.09. The number of halogens is 2. The summed E-state index contributed by atoms with van der Waals surface area (Å²) >= 11 is 12.2. The summed E-state index contributed by atoms with van der Waals surface area (Å²) in [4.78, 5) is 11.9. The van der Waals surface area contributed by atoms with Crippen molar-refractivity contribution in [3.05, 3.63) is 38.6 Å². The van der Waals surface area contributed by atoms with E-state index in [1.165, 1.54) is 12.1 Å². The summed E-state index contributed by atoms with van der Waals surface area (Å²) in [6.07, 6.45) is 7.59. The van der Waals surface area contributed by atoms with Crippen molar-refractivity contribution in [2.75, 3.05) is 6.61 Å². The minimum absolute atomic E-state index is 0.0518. The number of hydrogen-bond donors (Lipinski definition) is 0. The van der Waals surface area contributed by atoms with E-state index in [1.54, 1.807) is 0 Å².